The number of ether oxygens (including phenoxy) is 1. The number of carbonyl (C=O) groups excluding carboxylic acids is 1. The van der Waals surface area contributed by atoms with Crippen LogP contribution in [-0.4, -0.2) is 39.8 Å². The van der Waals surface area contributed by atoms with E-state index in [0.717, 1.165) is 43.1 Å². The van der Waals surface area contributed by atoms with Gasteiger partial charge in [0.2, 0.25) is 0 Å². The zero-order chi connectivity index (χ0) is 19.5. The molecule has 2 heterocycles. The standard InChI is InChI=1S/C23H25N3O2/c1-17-3-9-21(10-4-17)28-22-12-14-25(15-13-22)23(27)19-5-7-20(8-6-19)26-16-11-18(2)24-26/h3-11,16,22H,12-15H2,1-2H3. The normalized spacial score (nSPS) is 14.9. The molecule has 0 bridgehead atoms. The van der Waals surface area contributed by atoms with E-state index in [1.165, 1.54) is 5.56 Å². The van der Waals surface area contributed by atoms with E-state index in [0.29, 0.717) is 5.56 Å². The van der Waals surface area contributed by atoms with Crippen molar-refractivity contribution in [3.8, 4) is 11.4 Å². The molecule has 1 fully saturated rings. The van der Waals surface area contributed by atoms with E-state index < -0.39 is 0 Å². The van der Waals surface area contributed by atoms with Crippen molar-refractivity contribution in [1.29, 1.82) is 0 Å². The number of likely N-dealkylation sites (tertiary alicyclic amines) is 1. The predicted molar refractivity (Wildman–Crippen MR) is 109 cm³/mol. The molecule has 0 spiro atoms. The van der Waals surface area contributed by atoms with Gasteiger partial charge in [0.25, 0.3) is 5.91 Å². The van der Waals surface area contributed by atoms with E-state index in [1.807, 2.05) is 65.2 Å². The van der Waals surface area contributed by atoms with Crippen LogP contribution in [0.25, 0.3) is 5.69 Å². The van der Waals surface area contributed by atoms with E-state index in [9.17, 15) is 4.79 Å². The van der Waals surface area contributed by atoms with Gasteiger partial charge in [-0.25, -0.2) is 4.68 Å². The first kappa shape index (κ1) is 18.3. The lowest BCUT2D eigenvalue weighted by Gasteiger charge is -2.32. The number of amides is 1. The largest absolute Gasteiger partial charge is 0.490 e. The second kappa shape index (κ2) is 7.89. The first-order valence-electron chi connectivity index (χ1n) is 9.74. The summed E-state index contributed by atoms with van der Waals surface area (Å²) in [5.74, 6) is 0.983. The first-order chi connectivity index (χ1) is 13.6. The monoisotopic (exact) mass is 375 g/mol. The third kappa shape index (κ3) is 4.09. The van der Waals surface area contributed by atoms with Gasteiger partial charge in [0, 0.05) is 37.7 Å². The Morgan fingerprint density at radius 3 is 2.25 bits per heavy atom. The summed E-state index contributed by atoms with van der Waals surface area (Å²) in [4.78, 5) is 14.7. The van der Waals surface area contributed by atoms with Gasteiger partial charge in [-0.2, -0.15) is 5.10 Å². The fourth-order valence-corrected chi connectivity index (χ4v) is 3.48. The molecule has 0 unspecified atom stereocenters. The van der Waals surface area contributed by atoms with Crippen LogP contribution in [-0.2, 0) is 0 Å². The summed E-state index contributed by atoms with van der Waals surface area (Å²) in [5, 5.41) is 4.40. The van der Waals surface area contributed by atoms with Crippen LogP contribution in [0.3, 0.4) is 0 Å². The number of hydrogen-bond donors (Lipinski definition) is 0. The number of rotatable bonds is 4. The van der Waals surface area contributed by atoms with Crippen LogP contribution in [0.1, 0.15) is 34.5 Å². The maximum atomic E-state index is 12.8. The summed E-state index contributed by atoms with van der Waals surface area (Å²) >= 11 is 0. The number of aryl methyl sites for hydroxylation is 2. The van der Waals surface area contributed by atoms with Crippen LogP contribution in [0, 0.1) is 13.8 Å². The van der Waals surface area contributed by atoms with Crippen molar-refractivity contribution in [3.63, 3.8) is 0 Å². The molecule has 4 rings (SSSR count). The van der Waals surface area contributed by atoms with E-state index in [2.05, 4.69) is 24.2 Å². The molecule has 0 N–H and O–H groups in total. The molecule has 144 valence electrons. The Labute approximate surface area is 165 Å². The quantitative estimate of drug-likeness (QED) is 0.687. The number of hydrogen-bond acceptors (Lipinski definition) is 3. The molecule has 5 heteroatoms. The molecule has 1 aliphatic heterocycles. The summed E-state index contributed by atoms with van der Waals surface area (Å²) in [6, 6.07) is 17.7. The molecule has 0 atom stereocenters. The molecule has 5 nitrogen and oxygen atoms in total. The Hall–Kier alpha value is -3.08. The highest BCUT2D eigenvalue weighted by Crippen LogP contribution is 2.21. The van der Waals surface area contributed by atoms with Crippen LogP contribution in [0.15, 0.2) is 60.8 Å². The molecular formula is C23H25N3O2. The third-order valence-electron chi connectivity index (χ3n) is 5.15. The highest BCUT2D eigenvalue weighted by Gasteiger charge is 2.24. The smallest absolute Gasteiger partial charge is 0.253 e. The Kier molecular flexibility index (Phi) is 5.15. The molecule has 1 saturated heterocycles. The zero-order valence-corrected chi connectivity index (χ0v) is 16.3. The second-order valence-electron chi connectivity index (χ2n) is 7.37. The minimum atomic E-state index is 0.0805. The second-order valence-corrected chi connectivity index (χ2v) is 7.37. The molecule has 28 heavy (non-hydrogen) atoms. The zero-order valence-electron chi connectivity index (χ0n) is 16.3. The highest BCUT2D eigenvalue weighted by atomic mass is 16.5. The lowest BCUT2D eigenvalue weighted by Crippen LogP contribution is -2.41. The Morgan fingerprint density at radius 2 is 1.64 bits per heavy atom. The molecule has 0 aliphatic carbocycles. The Bertz CT molecular complexity index is 937. The summed E-state index contributed by atoms with van der Waals surface area (Å²) in [6.07, 6.45) is 3.79. The van der Waals surface area contributed by atoms with Gasteiger partial charge in [0.05, 0.1) is 11.4 Å². The van der Waals surface area contributed by atoms with Gasteiger partial charge in [-0.05, 0) is 56.3 Å². The van der Waals surface area contributed by atoms with Gasteiger partial charge >= 0.3 is 0 Å². The Balaban J connectivity index is 1.34. The summed E-state index contributed by atoms with van der Waals surface area (Å²) in [6.45, 7) is 5.46. The van der Waals surface area contributed by atoms with Gasteiger partial charge in [0.15, 0.2) is 0 Å². The molecule has 1 aromatic heterocycles. The average Bonchev–Trinajstić information content (AvgIpc) is 3.16. The summed E-state index contributed by atoms with van der Waals surface area (Å²) in [7, 11) is 0. The van der Waals surface area contributed by atoms with E-state index in [1.54, 1.807) is 0 Å². The minimum absolute atomic E-state index is 0.0805. The fraction of sp³-hybridized carbons (Fsp3) is 0.304. The number of benzene rings is 2. The van der Waals surface area contributed by atoms with Crippen molar-refractivity contribution < 1.29 is 9.53 Å². The molecule has 1 amide bonds. The Morgan fingerprint density at radius 1 is 0.964 bits per heavy atom. The average molecular weight is 375 g/mol. The number of piperidine rings is 1. The van der Waals surface area contributed by atoms with Crippen molar-refractivity contribution >= 4 is 5.91 Å². The first-order valence-corrected chi connectivity index (χ1v) is 9.74. The lowest BCUT2D eigenvalue weighted by atomic mass is 10.1. The fourth-order valence-electron chi connectivity index (χ4n) is 3.48. The van der Waals surface area contributed by atoms with Crippen molar-refractivity contribution in [1.82, 2.24) is 14.7 Å². The molecule has 0 saturated carbocycles. The number of nitrogens with zero attached hydrogens (tertiary/aromatic N) is 3. The van der Waals surface area contributed by atoms with Crippen molar-refractivity contribution in [2.75, 3.05) is 13.1 Å². The SMILES string of the molecule is Cc1ccc(OC2CCN(C(=O)c3ccc(-n4ccc(C)n4)cc3)CC2)cc1. The maximum absolute atomic E-state index is 12.8. The van der Waals surface area contributed by atoms with Crippen LogP contribution >= 0.6 is 0 Å². The predicted octanol–water partition coefficient (Wildman–Crippen LogP) is 4.17. The van der Waals surface area contributed by atoms with Crippen molar-refractivity contribution in [3.05, 3.63) is 77.6 Å². The topological polar surface area (TPSA) is 47.4 Å². The van der Waals surface area contributed by atoms with Gasteiger partial charge in [-0.3, -0.25) is 4.79 Å². The van der Waals surface area contributed by atoms with Gasteiger partial charge < -0.3 is 9.64 Å². The van der Waals surface area contributed by atoms with E-state index in [-0.39, 0.29) is 12.0 Å². The molecule has 2 aromatic carbocycles. The van der Waals surface area contributed by atoms with E-state index >= 15 is 0 Å². The van der Waals surface area contributed by atoms with Gasteiger partial charge in [0.1, 0.15) is 11.9 Å². The lowest BCUT2D eigenvalue weighted by molar-refractivity contribution is 0.0595. The van der Waals surface area contributed by atoms with Crippen molar-refractivity contribution in [2.24, 2.45) is 0 Å². The van der Waals surface area contributed by atoms with E-state index in [4.69, 9.17) is 4.74 Å². The van der Waals surface area contributed by atoms with Crippen LogP contribution in [0.2, 0.25) is 0 Å². The molecular weight excluding hydrogens is 350 g/mol. The van der Waals surface area contributed by atoms with Crippen molar-refractivity contribution in [2.45, 2.75) is 32.8 Å². The minimum Gasteiger partial charge on any atom is -0.490 e. The molecule has 0 radical (unpaired) electrons. The number of aromatic nitrogens is 2. The summed E-state index contributed by atoms with van der Waals surface area (Å²) in [5.41, 5.74) is 3.86. The highest BCUT2D eigenvalue weighted by molar-refractivity contribution is 5.94. The summed E-state index contributed by atoms with van der Waals surface area (Å²) < 4.78 is 7.88. The maximum Gasteiger partial charge on any atom is 0.253 e. The van der Waals surface area contributed by atoms with Gasteiger partial charge in [-0.15, -0.1) is 0 Å². The van der Waals surface area contributed by atoms with Gasteiger partial charge in [-0.1, -0.05) is 17.7 Å². The van der Waals surface area contributed by atoms with Crippen LogP contribution < -0.4 is 4.74 Å². The van der Waals surface area contributed by atoms with Crippen LogP contribution in [0.4, 0.5) is 0 Å². The third-order valence-corrected chi connectivity index (χ3v) is 5.15. The number of carbonyl (C=O) groups is 1. The molecule has 1 aliphatic rings. The molecule has 3 aromatic rings. The van der Waals surface area contributed by atoms with Crippen LogP contribution in [0.5, 0.6) is 5.75 Å².